The molecule has 1 aromatic rings. The molecule has 0 fully saturated rings. The molecule has 1 rings (SSSR count). The van der Waals surface area contributed by atoms with Gasteiger partial charge in [0.05, 0.1) is 4.90 Å². The highest BCUT2D eigenvalue weighted by atomic mass is 32.2. The summed E-state index contributed by atoms with van der Waals surface area (Å²) in [7, 11) is -0.419. The molecular weight excluding hydrogens is 292 g/mol. The van der Waals surface area contributed by atoms with Gasteiger partial charge in [-0.15, -0.1) is 0 Å². The van der Waals surface area contributed by atoms with E-state index in [2.05, 4.69) is 5.32 Å². The number of nitrogens with one attached hydrogen (secondary N) is 1. The minimum atomic E-state index is -3.40. The topological polar surface area (TPSA) is 86.7 Å². The van der Waals surface area contributed by atoms with Gasteiger partial charge < -0.3 is 10.4 Å². The van der Waals surface area contributed by atoms with Crippen LogP contribution in [0.4, 0.5) is 5.69 Å². The molecule has 118 valence electrons. The summed E-state index contributed by atoms with van der Waals surface area (Å²) in [5.74, 6) is -0.564. The monoisotopic (exact) mass is 314 g/mol. The first-order chi connectivity index (χ1) is 9.73. The summed E-state index contributed by atoms with van der Waals surface area (Å²) in [6, 6.07) is 6.53. The van der Waals surface area contributed by atoms with Crippen molar-refractivity contribution in [3.05, 3.63) is 24.3 Å². The minimum absolute atomic E-state index is 0.156. The molecule has 0 radical (unpaired) electrons. The smallest absolute Gasteiger partial charge is 0.303 e. The van der Waals surface area contributed by atoms with Gasteiger partial charge in [-0.25, -0.2) is 12.7 Å². The van der Waals surface area contributed by atoms with Gasteiger partial charge in [0.15, 0.2) is 0 Å². The van der Waals surface area contributed by atoms with E-state index in [9.17, 15) is 13.2 Å². The van der Waals surface area contributed by atoms with E-state index in [4.69, 9.17) is 5.11 Å². The van der Waals surface area contributed by atoms with Crippen LogP contribution >= 0.6 is 0 Å². The number of hydrogen-bond donors (Lipinski definition) is 2. The van der Waals surface area contributed by atoms with Gasteiger partial charge in [-0.3, -0.25) is 4.79 Å². The molecule has 7 heteroatoms. The zero-order valence-electron chi connectivity index (χ0n) is 12.5. The average molecular weight is 314 g/mol. The van der Waals surface area contributed by atoms with E-state index in [-0.39, 0.29) is 17.2 Å². The Hall–Kier alpha value is -1.60. The van der Waals surface area contributed by atoms with Crippen molar-refractivity contribution in [3.8, 4) is 0 Å². The Balaban J connectivity index is 2.58. The second-order valence-corrected chi connectivity index (χ2v) is 7.38. The van der Waals surface area contributed by atoms with Crippen LogP contribution in [0.25, 0.3) is 0 Å². The van der Waals surface area contributed by atoms with Crippen molar-refractivity contribution in [2.75, 3.05) is 26.0 Å². The Labute approximate surface area is 125 Å². The molecule has 0 aliphatic rings. The molecule has 0 aliphatic carbocycles. The molecular formula is C14H22N2O4S. The van der Waals surface area contributed by atoms with Gasteiger partial charge in [0.2, 0.25) is 10.0 Å². The predicted octanol–water partition coefficient (Wildman–Crippen LogP) is 1.85. The van der Waals surface area contributed by atoms with Gasteiger partial charge >= 0.3 is 5.97 Å². The average Bonchev–Trinajstić information content (AvgIpc) is 2.43. The zero-order valence-corrected chi connectivity index (χ0v) is 13.4. The maximum absolute atomic E-state index is 11.9. The maximum atomic E-state index is 11.9. The molecule has 0 spiro atoms. The summed E-state index contributed by atoms with van der Waals surface area (Å²) >= 11 is 0. The van der Waals surface area contributed by atoms with Crippen molar-refractivity contribution < 1.29 is 18.3 Å². The fourth-order valence-electron chi connectivity index (χ4n) is 1.72. The molecule has 0 amide bonds. The maximum Gasteiger partial charge on any atom is 0.303 e. The highest BCUT2D eigenvalue weighted by molar-refractivity contribution is 7.89. The van der Waals surface area contributed by atoms with Crippen LogP contribution in [0.15, 0.2) is 29.2 Å². The van der Waals surface area contributed by atoms with Crippen LogP contribution in [-0.2, 0) is 14.8 Å². The van der Waals surface area contributed by atoms with Crippen LogP contribution < -0.4 is 5.32 Å². The van der Waals surface area contributed by atoms with Crippen LogP contribution in [-0.4, -0.2) is 44.4 Å². The normalized spacial score (nSPS) is 13.1. The van der Waals surface area contributed by atoms with Crippen molar-refractivity contribution in [2.45, 2.75) is 24.7 Å². The number of carboxylic acid groups (broad SMARTS) is 1. The van der Waals surface area contributed by atoms with E-state index in [0.717, 1.165) is 5.69 Å². The molecule has 0 bridgehead atoms. The third-order valence-electron chi connectivity index (χ3n) is 3.14. The van der Waals surface area contributed by atoms with E-state index in [1.807, 2.05) is 6.92 Å². The van der Waals surface area contributed by atoms with Crippen LogP contribution in [0, 0.1) is 5.92 Å². The Morgan fingerprint density at radius 3 is 2.33 bits per heavy atom. The number of anilines is 1. The second kappa shape index (κ2) is 7.42. The first-order valence-electron chi connectivity index (χ1n) is 6.71. The minimum Gasteiger partial charge on any atom is -0.481 e. The van der Waals surface area contributed by atoms with Crippen molar-refractivity contribution in [2.24, 2.45) is 5.92 Å². The number of carbonyl (C=O) groups is 1. The van der Waals surface area contributed by atoms with Crippen molar-refractivity contribution >= 4 is 21.7 Å². The van der Waals surface area contributed by atoms with Gasteiger partial charge in [0.25, 0.3) is 0 Å². The molecule has 0 saturated carbocycles. The van der Waals surface area contributed by atoms with Crippen molar-refractivity contribution in [3.63, 3.8) is 0 Å². The van der Waals surface area contributed by atoms with E-state index >= 15 is 0 Å². The number of sulfonamides is 1. The molecule has 1 aromatic carbocycles. The lowest BCUT2D eigenvalue weighted by Gasteiger charge is -2.14. The van der Waals surface area contributed by atoms with E-state index in [1.54, 1.807) is 24.3 Å². The van der Waals surface area contributed by atoms with Crippen LogP contribution in [0.1, 0.15) is 19.8 Å². The highest BCUT2D eigenvalue weighted by Gasteiger charge is 2.16. The molecule has 2 N–H and O–H groups in total. The lowest BCUT2D eigenvalue weighted by atomic mass is 10.1. The summed E-state index contributed by atoms with van der Waals surface area (Å²) in [5.41, 5.74) is 0.815. The van der Waals surface area contributed by atoms with Crippen LogP contribution in [0.5, 0.6) is 0 Å². The number of hydrogen-bond acceptors (Lipinski definition) is 4. The Bertz CT molecular complexity index is 567. The van der Waals surface area contributed by atoms with Crippen LogP contribution in [0.3, 0.4) is 0 Å². The molecule has 1 unspecified atom stereocenters. The lowest BCUT2D eigenvalue weighted by molar-refractivity contribution is -0.137. The number of rotatable bonds is 8. The number of carboxylic acids is 1. The van der Waals surface area contributed by atoms with Gasteiger partial charge in [0, 0.05) is 32.7 Å². The third kappa shape index (κ3) is 5.35. The molecule has 6 nitrogen and oxygen atoms in total. The van der Waals surface area contributed by atoms with Gasteiger partial charge in [-0.1, -0.05) is 6.92 Å². The first kappa shape index (κ1) is 17.5. The summed E-state index contributed by atoms with van der Waals surface area (Å²) in [6.45, 7) is 2.62. The standard InChI is InChI=1S/C14H22N2O4S/c1-11(4-9-14(17)18)10-15-12-5-7-13(8-6-12)21(19,20)16(2)3/h5-8,11,15H,4,9-10H2,1-3H3,(H,17,18). The van der Waals surface area contributed by atoms with Crippen molar-refractivity contribution in [1.82, 2.24) is 4.31 Å². The predicted molar refractivity (Wildman–Crippen MR) is 81.8 cm³/mol. The molecule has 0 aromatic heterocycles. The molecule has 0 heterocycles. The zero-order chi connectivity index (χ0) is 16.0. The molecule has 1 atom stereocenters. The Morgan fingerprint density at radius 1 is 1.29 bits per heavy atom. The highest BCUT2D eigenvalue weighted by Crippen LogP contribution is 2.17. The van der Waals surface area contributed by atoms with E-state index < -0.39 is 16.0 Å². The number of benzene rings is 1. The Kier molecular flexibility index (Phi) is 6.17. The quantitative estimate of drug-likeness (QED) is 0.764. The SMILES string of the molecule is CC(CCC(=O)O)CNc1ccc(S(=O)(=O)N(C)C)cc1. The summed E-state index contributed by atoms with van der Waals surface area (Å²) < 4.78 is 25.0. The summed E-state index contributed by atoms with van der Waals surface area (Å²) in [5, 5.41) is 11.8. The number of nitrogens with zero attached hydrogens (tertiary/aromatic N) is 1. The Morgan fingerprint density at radius 2 is 1.86 bits per heavy atom. The van der Waals surface area contributed by atoms with Gasteiger partial charge in [-0.05, 0) is 36.6 Å². The van der Waals surface area contributed by atoms with Gasteiger partial charge in [-0.2, -0.15) is 0 Å². The molecule has 21 heavy (non-hydrogen) atoms. The summed E-state index contributed by atoms with van der Waals surface area (Å²) in [4.78, 5) is 10.7. The third-order valence-corrected chi connectivity index (χ3v) is 4.97. The summed E-state index contributed by atoms with van der Waals surface area (Å²) in [6.07, 6.45) is 0.762. The molecule has 0 aliphatic heterocycles. The van der Waals surface area contributed by atoms with E-state index in [0.29, 0.717) is 13.0 Å². The first-order valence-corrected chi connectivity index (χ1v) is 8.15. The lowest BCUT2D eigenvalue weighted by Crippen LogP contribution is -2.22. The van der Waals surface area contributed by atoms with E-state index in [1.165, 1.54) is 18.4 Å². The molecule has 0 saturated heterocycles. The largest absolute Gasteiger partial charge is 0.481 e. The number of aliphatic carboxylic acids is 1. The van der Waals surface area contributed by atoms with Crippen molar-refractivity contribution in [1.29, 1.82) is 0 Å². The second-order valence-electron chi connectivity index (χ2n) is 5.23. The van der Waals surface area contributed by atoms with Crippen LogP contribution in [0.2, 0.25) is 0 Å². The van der Waals surface area contributed by atoms with Gasteiger partial charge in [0.1, 0.15) is 0 Å². The fraction of sp³-hybridized carbons (Fsp3) is 0.500. The fourth-order valence-corrected chi connectivity index (χ4v) is 2.62.